The van der Waals surface area contributed by atoms with E-state index >= 15 is 0 Å². The Labute approximate surface area is 171 Å². The van der Waals surface area contributed by atoms with Crippen molar-refractivity contribution in [1.82, 2.24) is 29.8 Å². The Morgan fingerprint density at radius 2 is 2.13 bits per heavy atom. The van der Waals surface area contributed by atoms with Crippen LogP contribution in [0.5, 0.6) is 0 Å². The molecular weight excluding hydrogens is 387 g/mol. The van der Waals surface area contributed by atoms with Crippen molar-refractivity contribution in [1.29, 1.82) is 0 Å². The van der Waals surface area contributed by atoms with Crippen molar-refractivity contribution in [2.24, 2.45) is 7.05 Å². The standard InChI is InChI=1S/C21H19FN6O2/c1-12-24-20(30-26-12)19-4-3-7-28(19)21(29)16-9-18(13-10-23-27(2)11-13)25-17-6-5-14(22)8-15(16)17/h5-6,8-11,19H,3-4,7H2,1-2H3/t19-/m1/s1. The van der Waals surface area contributed by atoms with Crippen molar-refractivity contribution >= 4 is 16.8 Å². The molecule has 1 aromatic carbocycles. The number of hydrogen-bond donors (Lipinski definition) is 0. The molecule has 3 aromatic heterocycles. The van der Waals surface area contributed by atoms with E-state index in [1.165, 1.54) is 12.1 Å². The molecule has 0 unspecified atom stereocenters. The molecule has 1 amide bonds. The van der Waals surface area contributed by atoms with E-state index in [4.69, 9.17) is 4.52 Å². The van der Waals surface area contributed by atoms with E-state index in [0.29, 0.717) is 40.4 Å². The number of likely N-dealkylation sites (tertiary alicyclic amines) is 1. The number of fused-ring (bicyclic) bond motifs is 1. The number of nitrogens with zero attached hydrogens (tertiary/aromatic N) is 6. The molecular formula is C21H19FN6O2. The van der Waals surface area contributed by atoms with E-state index in [1.807, 2.05) is 13.2 Å². The maximum Gasteiger partial charge on any atom is 0.255 e. The Kier molecular flexibility index (Phi) is 4.30. The molecule has 152 valence electrons. The highest BCUT2D eigenvalue weighted by atomic mass is 19.1. The SMILES string of the molecule is Cc1noc([C@H]2CCCN2C(=O)c2cc(-c3cnn(C)c3)nc3ccc(F)cc23)n1. The van der Waals surface area contributed by atoms with Gasteiger partial charge in [-0.2, -0.15) is 10.1 Å². The lowest BCUT2D eigenvalue weighted by molar-refractivity contribution is 0.0712. The van der Waals surface area contributed by atoms with Crippen LogP contribution in [-0.4, -0.2) is 42.3 Å². The third kappa shape index (κ3) is 3.12. The van der Waals surface area contributed by atoms with E-state index in [1.54, 1.807) is 34.8 Å². The Hall–Kier alpha value is -3.62. The maximum atomic E-state index is 14.0. The van der Waals surface area contributed by atoms with Crippen LogP contribution in [0.15, 0.2) is 41.2 Å². The number of carbonyl (C=O) groups excluding carboxylic acids is 1. The Morgan fingerprint density at radius 1 is 1.27 bits per heavy atom. The minimum absolute atomic E-state index is 0.212. The van der Waals surface area contributed by atoms with E-state index in [-0.39, 0.29) is 11.9 Å². The van der Waals surface area contributed by atoms with Gasteiger partial charge in [0.15, 0.2) is 5.82 Å². The molecule has 0 saturated carbocycles. The third-order valence-electron chi connectivity index (χ3n) is 5.34. The summed E-state index contributed by atoms with van der Waals surface area (Å²) in [6, 6.07) is 5.69. The molecule has 0 radical (unpaired) electrons. The van der Waals surface area contributed by atoms with Crippen molar-refractivity contribution in [2.45, 2.75) is 25.8 Å². The molecule has 1 fully saturated rings. The number of pyridine rings is 1. The van der Waals surface area contributed by atoms with Crippen LogP contribution in [0.4, 0.5) is 4.39 Å². The molecule has 1 saturated heterocycles. The van der Waals surface area contributed by atoms with Gasteiger partial charge >= 0.3 is 0 Å². The van der Waals surface area contributed by atoms with Gasteiger partial charge in [-0.15, -0.1) is 0 Å². The van der Waals surface area contributed by atoms with E-state index < -0.39 is 5.82 Å². The molecule has 1 atom stereocenters. The number of benzene rings is 1. The largest absolute Gasteiger partial charge is 0.337 e. The normalized spacial score (nSPS) is 16.5. The fourth-order valence-electron chi connectivity index (χ4n) is 3.95. The molecule has 0 aliphatic carbocycles. The quantitative estimate of drug-likeness (QED) is 0.518. The average molecular weight is 406 g/mol. The van der Waals surface area contributed by atoms with Gasteiger partial charge in [-0.25, -0.2) is 9.37 Å². The first-order valence-electron chi connectivity index (χ1n) is 9.70. The second-order valence-electron chi connectivity index (χ2n) is 7.46. The maximum absolute atomic E-state index is 14.0. The van der Waals surface area contributed by atoms with Crippen LogP contribution >= 0.6 is 0 Å². The number of carbonyl (C=O) groups is 1. The number of rotatable bonds is 3. The predicted molar refractivity (Wildman–Crippen MR) is 106 cm³/mol. The molecule has 0 bridgehead atoms. The number of amides is 1. The summed E-state index contributed by atoms with van der Waals surface area (Å²) < 4.78 is 21.0. The highest BCUT2D eigenvalue weighted by molar-refractivity contribution is 6.07. The first-order chi connectivity index (χ1) is 14.5. The monoisotopic (exact) mass is 406 g/mol. The lowest BCUT2D eigenvalue weighted by Crippen LogP contribution is -2.31. The first-order valence-corrected chi connectivity index (χ1v) is 9.70. The summed E-state index contributed by atoms with van der Waals surface area (Å²) in [5, 5.41) is 8.51. The fraction of sp³-hybridized carbons (Fsp3) is 0.286. The van der Waals surface area contributed by atoms with Gasteiger partial charge in [0.05, 0.1) is 23.0 Å². The average Bonchev–Trinajstić information content (AvgIpc) is 3.47. The smallest absolute Gasteiger partial charge is 0.255 e. The van der Waals surface area contributed by atoms with Crippen molar-refractivity contribution in [3.05, 3.63) is 59.8 Å². The molecule has 8 nitrogen and oxygen atoms in total. The number of hydrogen-bond acceptors (Lipinski definition) is 6. The number of aryl methyl sites for hydroxylation is 2. The van der Waals surface area contributed by atoms with Gasteiger partial charge < -0.3 is 9.42 Å². The zero-order valence-corrected chi connectivity index (χ0v) is 16.5. The molecule has 1 aliphatic heterocycles. The van der Waals surface area contributed by atoms with Gasteiger partial charge in [0.2, 0.25) is 5.89 Å². The summed E-state index contributed by atoms with van der Waals surface area (Å²) >= 11 is 0. The summed E-state index contributed by atoms with van der Waals surface area (Å²) in [4.78, 5) is 24.3. The Balaban J connectivity index is 1.63. The van der Waals surface area contributed by atoms with Crippen LogP contribution in [0.3, 0.4) is 0 Å². The van der Waals surface area contributed by atoms with Gasteiger partial charge in [-0.1, -0.05) is 5.16 Å². The molecule has 4 heterocycles. The summed E-state index contributed by atoms with van der Waals surface area (Å²) in [5.41, 5.74) is 2.32. The minimum Gasteiger partial charge on any atom is -0.337 e. The first kappa shape index (κ1) is 18.4. The summed E-state index contributed by atoms with van der Waals surface area (Å²) in [7, 11) is 1.81. The van der Waals surface area contributed by atoms with Crippen LogP contribution in [0.2, 0.25) is 0 Å². The zero-order chi connectivity index (χ0) is 20.8. The second kappa shape index (κ2) is 7.01. The van der Waals surface area contributed by atoms with Crippen molar-refractivity contribution < 1.29 is 13.7 Å². The fourth-order valence-corrected chi connectivity index (χ4v) is 3.95. The van der Waals surface area contributed by atoms with Crippen LogP contribution < -0.4 is 0 Å². The summed E-state index contributed by atoms with van der Waals surface area (Å²) in [5.74, 6) is 0.324. The molecule has 30 heavy (non-hydrogen) atoms. The highest BCUT2D eigenvalue weighted by Crippen LogP contribution is 2.34. The summed E-state index contributed by atoms with van der Waals surface area (Å²) in [6.07, 6.45) is 5.07. The van der Waals surface area contributed by atoms with Gasteiger partial charge in [-0.3, -0.25) is 9.48 Å². The number of aromatic nitrogens is 5. The van der Waals surface area contributed by atoms with Crippen molar-refractivity contribution in [2.75, 3.05) is 6.54 Å². The van der Waals surface area contributed by atoms with Gasteiger partial charge in [-0.05, 0) is 44.0 Å². The Morgan fingerprint density at radius 3 is 2.87 bits per heavy atom. The molecule has 1 aliphatic rings. The van der Waals surface area contributed by atoms with Crippen LogP contribution in [0.25, 0.3) is 22.2 Å². The van der Waals surface area contributed by atoms with Crippen LogP contribution in [0.1, 0.15) is 41.0 Å². The molecule has 9 heteroatoms. The lowest BCUT2D eigenvalue weighted by atomic mass is 10.0. The van der Waals surface area contributed by atoms with Gasteiger partial charge in [0.25, 0.3) is 5.91 Å². The number of halogens is 1. The highest BCUT2D eigenvalue weighted by Gasteiger charge is 2.35. The molecule has 0 N–H and O–H groups in total. The van der Waals surface area contributed by atoms with Crippen LogP contribution in [0, 0.1) is 12.7 Å². The van der Waals surface area contributed by atoms with Crippen LogP contribution in [-0.2, 0) is 7.05 Å². The topological polar surface area (TPSA) is 89.9 Å². The van der Waals surface area contributed by atoms with E-state index in [0.717, 1.165) is 18.4 Å². The third-order valence-corrected chi connectivity index (χ3v) is 5.34. The predicted octanol–water partition coefficient (Wildman–Crippen LogP) is 3.44. The van der Waals surface area contributed by atoms with Gasteiger partial charge in [0, 0.05) is 30.7 Å². The zero-order valence-electron chi connectivity index (χ0n) is 16.5. The Bertz CT molecular complexity index is 1260. The van der Waals surface area contributed by atoms with E-state index in [2.05, 4.69) is 20.2 Å². The van der Waals surface area contributed by atoms with Crippen molar-refractivity contribution in [3.63, 3.8) is 0 Å². The second-order valence-corrected chi connectivity index (χ2v) is 7.46. The molecule has 5 rings (SSSR count). The molecule has 4 aromatic rings. The molecule has 0 spiro atoms. The van der Waals surface area contributed by atoms with Crippen molar-refractivity contribution in [3.8, 4) is 11.3 Å². The van der Waals surface area contributed by atoms with E-state index in [9.17, 15) is 9.18 Å². The summed E-state index contributed by atoms with van der Waals surface area (Å²) in [6.45, 7) is 2.31. The minimum atomic E-state index is -0.419. The lowest BCUT2D eigenvalue weighted by Gasteiger charge is -2.23. The van der Waals surface area contributed by atoms with Gasteiger partial charge in [0.1, 0.15) is 11.9 Å².